The number of carbonyl (C=O) groups excluding carboxylic acids is 3. The van der Waals surface area contributed by atoms with Crippen molar-refractivity contribution >= 4 is 23.5 Å². The molecule has 25 heavy (non-hydrogen) atoms. The number of esters is 1. The summed E-state index contributed by atoms with van der Waals surface area (Å²) in [5, 5.41) is 2.62. The number of hydrogen-bond donors (Lipinski definition) is 2. The van der Waals surface area contributed by atoms with Crippen molar-refractivity contribution < 1.29 is 19.1 Å². The highest BCUT2D eigenvalue weighted by molar-refractivity contribution is 5.96. The average molecular weight is 340 g/mol. The number of hydrogen-bond acceptors (Lipinski definition) is 4. The molecule has 1 atom stereocenters. The van der Waals surface area contributed by atoms with Crippen molar-refractivity contribution in [2.45, 2.75) is 26.4 Å². The highest BCUT2D eigenvalue weighted by Crippen LogP contribution is 2.11. The second kappa shape index (κ2) is 8.10. The van der Waals surface area contributed by atoms with Crippen molar-refractivity contribution in [2.24, 2.45) is 5.73 Å². The van der Waals surface area contributed by atoms with Crippen molar-refractivity contribution in [3.63, 3.8) is 0 Å². The summed E-state index contributed by atoms with van der Waals surface area (Å²) in [5.41, 5.74) is 7.91. The van der Waals surface area contributed by atoms with Gasteiger partial charge in [0.1, 0.15) is 0 Å². The van der Waals surface area contributed by atoms with Gasteiger partial charge in [-0.1, -0.05) is 29.8 Å². The van der Waals surface area contributed by atoms with Crippen LogP contribution < -0.4 is 11.1 Å². The summed E-state index contributed by atoms with van der Waals surface area (Å²) in [4.78, 5) is 35.0. The summed E-state index contributed by atoms with van der Waals surface area (Å²) in [5.74, 6) is -1.48. The molecule has 0 saturated heterocycles. The zero-order valence-corrected chi connectivity index (χ0v) is 14.1. The second-order valence-corrected chi connectivity index (χ2v) is 5.73. The van der Waals surface area contributed by atoms with Crippen LogP contribution >= 0.6 is 0 Å². The van der Waals surface area contributed by atoms with E-state index in [4.69, 9.17) is 10.5 Å². The standard InChI is InChI=1S/C19H20N2O4/c1-12-3-5-14(6-4-12)11-17(22)25-13(2)19(24)21-16-9-7-15(8-10-16)18(20)23/h3-10,13H,11H2,1-2H3,(H2,20,23)(H,21,24)/t13-/m1/s1. The molecule has 0 aromatic heterocycles. The number of primary amides is 1. The van der Waals surface area contributed by atoms with E-state index in [2.05, 4.69) is 5.32 Å². The normalized spacial score (nSPS) is 11.4. The molecule has 2 rings (SSSR count). The molecule has 0 spiro atoms. The largest absolute Gasteiger partial charge is 0.452 e. The van der Waals surface area contributed by atoms with Crippen LogP contribution in [0, 0.1) is 6.92 Å². The summed E-state index contributed by atoms with van der Waals surface area (Å²) in [6.07, 6.45) is -0.834. The molecule has 0 fully saturated rings. The Balaban J connectivity index is 1.87. The van der Waals surface area contributed by atoms with Crippen LogP contribution in [0.5, 0.6) is 0 Å². The Morgan fingerprint density at radius 1 is 1.04 bits per heavy atom. The van der Waals surface area contributed by atoms with Gasteiger partial charge in [-0.25, -0.2) is 0 Å². The number of benzene rings is 2. The van der Waals surface area contributed by atoms with Crippen LogP contribution in [0.2, 0.25) is 0 Å². The average Bonchev–Trinajstić information content (AvgIpc) is 2.57. The van der Waals surface area contributed by atoms with E-state index < -0.39 is 23.9 Å². The van der Waals surface area contributed by atoms with Gasteiger partial charge in [-0.2, -0.15) is 0 Å². The van der Waals surface area contributed by atoms with Gasteiger partial charge in [0.05, 0.1) is 6.42 Å². The molecule has 2 aromatic rings. The van der Waals surface area contributed by atoms with Crippen LogP contribution in [0.4, 0.5) is 5.69 Å². The first-order valence-electron chi connectivity index (χ1n) is 7.81. The van der Waals surface area contributed by atoms with Crippen molar-refractivity contribution in [3.05, 3.63) is 65.2 Å². The molecular weight excluding hydrogens is 320 g/mol. The van der Waals surface area contributed by atoms with E-state index in [0.29, 0.717) is 11.3 Å². The fourth-order valence-corrected chi connectivity index (χ4v) is 2.13. The number of aryl methyl sites for hydroxylation is 1. The number of amides is 2. The molecule has 0 bridgehead atoms. The number of ether oxygens (including phenoxy) is 1. The lowest BCUT2D eigenvalue weighted by Gasteiger charge is -2.14. The molecule has 3 N–H and O–H groups in total. The van der Waals surface area contributed by atoms with Crippen molar-refractivity contribution in [1.29, 1.82) is 0 Å². The number of rotatable bonds is 6. The molecule has 0 saturated carbocycles. The highest BCUT2D eigenvalue weighted by atomic mass is 16.5. The Morgan fingerprint density at radius 2 is 1.64 bits per heavy atom. The minimum atomic E-state index is -0.936. The Kier molecular flexibility index (Phi) is 5.89. The third kappa shape index (κ3) is 5.46. The quantitative estimate of drug-likeness (QED) is 0.788. The van der Waals surface area contributed by atoms with Gasteiger partial charge in [0, 0.05) is 11.3 Å². The van der Waals surface area contributed by atoms with E-state index in [1.807, 2.05) is 31.2 Å². The fourth-order valence-electron chi connectivity index (χ4n) is 2.13. The highest BCUT2D eigenvalue weighted by Gasteiger charge is 2.18. The van der Waals surface area contributed by atoms with Gasteiger partial charge in [-0.15, -0.1) is 0 Å². The smallest absolute Gasteiger partial charge is 0.311 e. The Labute approximate surface area is 146 Å². The second-order valence-electron chi connectivity index (χ2n) is 5.73. The van der Waals surface area contributed by atoms with Crippen LogP contribution in [0.25, 0.3) is 0 Å². The van der Waals surface area contributed by atoms with E-state index in [9.17, 15) is 14.4 Å². The number of anilines is 1. The van der Waals surface area contributed by atoms with E-state index in [1.54, 1.807) is 12.1 Å². The van der Waals surface area contributed by atoms with Gasteiger partial charge in [-0.05, 0) is 43.7 Å². The molecule has 6 nitrogen and oxygen atoms in total. The van der Waals surface area contributed by atoms with Crippen LogP contribution in [-0.2, 0) is 20.7 Å². The maximum absolute atomic E-state index is 12.1. The zero-order valence-electron chi connectivity index (χ0n) is 14.1. The number of carbonyl (C=O) groups is 3. The van der Waals surface area contributed by atoms with Crippen LogP contribution in [0.3, 0.4) is 0 Å². The fraction of sp³-hybridized carbons (Fsp3) is 0.211. The summed E-state index contributed by atoms with van der Waals surface area (Å²) in [6, 6.07) is 13.6. The Morgan fingerprint density at radius 3 is 2.20 bits per heavy atom. The molecular formula is C19H20N2O4. The molecule has 0 aliphatic heterocycles. The molecule has 0 heterocycles. The summed E-state index contributed by atoms with van der Waals surface area (Å²) < 4.78 is 5.16. The summed E-state index contributed by atoms with van der Waals surface area (Å²) in [6.45, 7) is 3.46. The molecule has 130 valence electrons. The number of nitrogens with two attached hydrogens (primary N) is 1. The van der Waals surface area contributed by atoms with Gasteiger partial charge in [0.25, 0.3) is 5.91 Å². The van der Waals surface area contributed by atoms with E-state index in [0.717, 1.165) is 11.1 Å². The monoisotopic (exact) mass is 340 g/mol. The Bertz CT molecular complexity index is 767. The minimum Gasteiger partial charge on any atom is -0.452 e. The predicted octanol–water partition coefficient (Wildman–Crippen LogP) is 2.21. The molecule has 6 heteroatoms. The van der Waals surface area contributed by atoms with E-state index >= 15 is 0 Å². The summed E-state index contributed by atoms with van der Waals surface area (Å²) >= 11 is 0. The summed E-state index contributed by atoms with van der Waals surface area (Å²) in [7, 11) is 0. The lowest BCUT2D eigenvalue weighted by molar-refractivity contribution is -0.152. The van der Waals surface area contributed by atoms with Crippen LogP contribution in [0.1, 0.15) is 28.4 Å². The topological polar surface area (TPSA) is 98.5 Å². The van der Waals surface area contributed by atoms with E-state index in [1.165, 1.54) is 19.1 Å². The van der Waals surface area contributed by atoms with Crippen LogP contribution in [0.15, 0.2) is 48.5 Å². The lowest BCUT2D eigenvalue weighted by Crippen LogP contribution is -2.30. The van der Waals surface area contributed by atoms with Gasteiger partial charge < -0.3 is 15.8 Å². The maximum atomic E-state index is 12.1. The van der Waals surface area contributed by atoms with Gasteiger partial charge in [0.2, 0.25) is 5.91 Å². The third-order valence-electron chi connectivity index (χ3n) is 3.58. The molecule has 0 aliphatic rings. The number of nitrogens with one attached hydrogen (secondary N) is 1. The molecule has 0 unspecified atom stereocenters. The zero-order chi connectivity index (χ0) is 18.4. The third-order valence-corrected chi connectivity index (χ3v) is 3.58. The van der Waals surface area contributed by atoms with Crippen molar-refractivity contribution in [2.75, 3.05) is 5.32 Å². The molecule has 0 radical (unpaired) electrons. The van der Waals surface area contributed by atoms with Crippen molar-refractivity contribution in [1.82, 2.24) is 0 Å². The SMILES string of the molecule is Cc1ccc(CC(=O)O[C@H](C)C(=O)Nc2ccc(C(N)=O)cc2)cc1. The van der Waals surface area contributed by atoms with Gasteiger partial charge >= 0.3 is 5.97 Å². The predicted molar refractivity (Wildman–Crippen MR) is 94.0 cm³/mol. The van der Waals surface area contributed by atoms with Gasteiger partial charge in [0.15, 0.2) is 6.10 Å². The minimum absolute atomic E-state index is 0.102. The van der Waals surface area contributed by atoms with Gasteiger partial charge in [-0.3, -0.25) is 14.4 Å². The maximum Gasteiger partial charge on any atom is 0.311 e. The lowest BCUT2D eigenvalue weighted by atomic mass is 10.1. The van der Waals surface area contributed by atoms with Crippen LogP contribution in [-0.4, -0.2) is 23.9 Å². The first-order chi connectivity index (χ1) is 11.8. The Hall–Kier alpha value is -3.15. The van der Waals surface area contributed by atoms with Crippen molar-refractivity contribution in [3.8, 4) is 0 Å². The van der Waals surface area contributed by atoms with E-state index in [-0.39, 0.29) is 6.42 Å². The first-order valence-corrected chi connectivity index (χ1v) is 7.81. The molecule has 2 amide bonds. The molecule has 2 aromatic carbocycles. The first kappa shape index (κ1) is 18.2. The molecule has 0 aliphatic carbocycles.